The predicted octanol–water partition coefficient (Wildman–Crippen LogP) is 15.4. The van der Waals surface area contributed by atoms with Gasteiger partial charge in [-0.3, -0.25) is 4.57 Å². The average Bonchev–Trinajstić information content (AvgIpc) is 3.79. The number of nitrogens with zero attached hydrogens (tertiary/aromatic N) is 4. The van der Waals surface area contributed by atoms with Gasteiger partial charge in [-0.1, -0.05) is 143 Å². The molecule has 0 unspecified atom stereocenters. The van der Waals surface area contributed by atoms with Gasteiger partial charge in [0.1, 0.15) is 24.0 Å². The largest absolute Gasteiger partial charge is 0.457 e. The summed E-state index contributed by atoms with van der Waals surface area (Å²) in [6, 6.07) is 53.1. The van der Waals surface area contributed by atoms with E-state index in [0.717, 1.165) is 34.0 Å². The van der Waals surface area contributed by atoms with Crippen molar-refractivity contribution in [1.82, 2.24) is 9.55 Å². The number of hydrogen-bond donors (Lipinski definition) is 0. The van der Waals surface area contributed by atoms with E-state index in [9.17, 15) is 0 Å². The van der Waals surface area contributed by atoms with E-state index in [1.54, 1.807) is 0 Å². The van der Waals surface area contributed by atoms with Crippen molar-refractivity contribution in [2.24, 2.45) is 0 Å². The van der Waals surface area contributed by atoms with E-state index in [4.69, 9.17) is 9.72 Å². The van der Waals surface area contributed by atoms with Crippen LogP contribution in [0.4, 0.5) is 22.7 Å². The molecule has 8 aromatic rings. The molecule has 314 valence electrons. The van der Waals surface area contributed by atoms with Crippen molar-refractivity contribution >= 4 is 44.6 Å². The minimum atomic E-state index is -0.159. The zero-order valence-corrected chi connectivity index (χ0v) is 38.3. The second kappa shape index (κ2) is 14.9. The number of pyridine rings is 1. The first-order valence-corrected chi connectivity index (χ1v) is 22.1. The zero-order chi connectivity index (χ0) is 43.8. The molecule has 0 saturated heterocycles. The number of aromatic nitrogens is 2. The number of ether oxygens (including phenoxy) is 1. The van der Waals surface area contributed by atoms with E-state index in [1.807, 2.05) is 6.20 Å². The molecule has 0 atom stereocenters. The van der Waals surface area contributed by atoms with E-state index in [2.05, 4.69) is 236 Å². The second-order valence-corrected chi connectivity index (χ2v) is 20.7. The van der Waals surface area contributed by atoms with Gasteiger partial charge in [-0.15, -0.1) is 0 Å². The Bertz CT molecular complexity index is 2950. The Morgan fingerprint density at radius 2 is 1.08 bits per heavy atom. The van der Waals surface area contributed by atoms with Gasteiger partial charge in [-0.25, -0.2) is 4.98 Å². The van der Waals surface area contributed by atoms with Crippen molar-refractivity contribution in [3.8, 4) is 17.3 Å². The number of benzene rings is 6. The van der Waals surface area contributed by atoms with Gasteiger partial charge in [0.2, 0.25) is 0 Å². The van der Waals surface area contributed by atoms with Crippen LogP contribution >= 0.6 is 0 Å². The van der Waals surface area contributed by atoms with Gasteiger partial charge in [-0.2, -0.15) is 0 Å². The highest BCUT2D eigenvalue weighted by atomic mass is 16.5. The fourth-order valence-corrected chi connectivity index (χ4v) is 8.89. The van der Waals surface area contributed by atoms with Gasteiger partial charge < -0.3 is 14.5 Å². The maximum Gasteiger partial charge on any atom is 0.137 e. The van der Waals surface area contributed by atoms with Crippen LogP contribution in [0.5, 0.6) is 11.5 Å². The Labute approximate surface area is 368 Å². The van der Waals surface area contributed by atoms with E-state index < -0.39 is 0 Å². The van der Waals surface area contributed by atoms with Gasteiger partial charge in [0.25, 0.3) is 0 Å². The fraction of sp³-hybridized carbons (Fsp3) is 0.281. The Morgan fingerprint density at radius 3 is 1.82 bits per heavy atom. The highest BCUT2D eigenvalue weighted by molar-refractivity contribution is 6.09. The Morgan fingerprint density at radius 1 is 0.435 bits per heavy atom. The quantitative estimate of drug-likeness (QED) is 0.160. The highest BCUT2D eigenvalue weighted by Crippen LogP contribution is 2.48. The molecule has 1 aliphatic heterocycles. The summed E-state index contributed by atoms with van der Waals surface area (Å²) in [7, 11) is 0. The fourth-order valence-electron chi connectivity index (χ4n) is 8.89. The van der Waals surface area contributed by atoms with Crippen molar-refractivity contribution in [3.05, 3.63) is 180 Å². The van der Waals surface area contributed by atoms with Crippen molar-refractivity contribution in [1.29, 1.82) is 0 Å². The summed E-state index contributed by atoms with van der Waals surface area (Å²) < 4.78 is 9.27. The smallest absolute Gasteiger partial charge is 0.137 e. The van der Waals surface area contributed by atoms with Crippen LogP contribution in [-0.2, 0) is 21.7 Å². The van der Waals surface area contributed by atoms with E-state index in [-0.39, 0.29) is 21.7 Å². The molecule has 0 fully saturated rings. The van der Waals surface area contributed by atoms with Gasteiger partial charge in [0.05, 0.1) is 22.4 Å². The molecule has 0 radical (unpaired) electrons. The number of hydrogen-bond acceptors (Lipinski definition) is 4. The monoisotopic (exact) mass is 816 g/mol. The lowest BCUT2D eigenvalue weighted by Crippen LogP contribution is -2.25. The molecule has 2 aromatic heterocycles. The minimum absolute atomic E-state index is 0.00891. The van der Waals surface area contributed by atoms with Crippen LogP contribution in [0.25, 0.3) is 27.6 Å². The third kappa shape index (κ3) is 7.52. The third-order valence-electron chi connectivity index (χ3n) is 12.9. The molecule has 0 amide bonds. The number of para-hydroxylation sites is 1. The molecule has 1 aliphatic rings. The summed E-state index contributed by atoms with van der Waals surface area (Å²) in [5.41, 5.74) is 12.9. The Kier molecular flexibility index (Phi) is 9.89. The van der Waals surface area contributed by atoms with Crippen molar-refractivity contribution in [2.75, 3.05) is 16.5 Å². The lowest BCUT2D eigenvalue weighted by atomic mass is 9.78. The zero-order valence-electron chi connectivity index (χ0n) is 38.3. The molecule has 3 heterocycles. The van der Waals surface area contributed by atoms with Crippen LogP contribution in [0.15, 0.2) is 152 Å². The number of anilines is 4. The average molecular weight is 817 g/mol. The maximum absolute atomic E-state index is 6.99. The molecular formula is C57H60N4O. The van der Waals surface area contributed by atoms with Crippen LogP contribution < -0.4 is 14.5 Å². The normalized spacial score (nSPS) is 13.6. The summed E-state index contributed by atoms with van der Waals surface area (Å²) in [6.07, 6.45) is 1.93. The third-order valence-corrected chi connectivity index (χ3v) is 12.9. The van der Waals surface area contributed by atoms with Crippen LogP contribution in [0.2, 0.25) is 0 Å². The minimum Gasteiger partial charge on any atom is -0.457 e. The predicted molar refractivity (Wildman–Crippen MR) is 262 cm³/mol. The molecule has 0 bridgehead atoms. The summed E-state index contributed by atoms with van der Waals surface area (Å²) >= 11 is 0. The molecule has 9 rings (SSSR count). The van der Waals surface area contributed by atoms with Crippen LogP contribution in [-0.4, -0.2) is 16.2 Å². The lowest BCUT2D eigenvalue weighted by Gasteiger charge is -2.29. The van der Waals surface area contributed by atoms with E-state index >= 15 is 0 Å². The summed E-state index contributed by atoms with van der Waals surface area (Å²) in [5.74, 6) is 2.49. The van der Waals surface area contributed by atoms with Crippen molar-refractivity contribution in [3.63, 3.8) is 0 Å². The standard InChI is InChI=1S/C57H60N4O/c1-54(2,3)39-24-27-50-52(33-39)60(37-59(50)43-21-17-20-41(30-43)57(10,11)38-18-13-12-14-19-38)44-31-42(56(7,8)9)32-46(35-44)62-45-25-26-48-47-22-15-16-23-49(47)61(51(48)36-45)53-34-40(28-29-58-53)55(4,5)6/h12-36H,37H2,1-11H3. The van der Waals surface area contributed by atoms with Crippen molar-refractivity contribution < 1.29 is 4.74 Å². The molecule has 5 nitrogen and oxygen atoms in total. The summed E-state index contributed by atoms with van der Waals surface area (Å²) in [5, 5.41) is 2.36. The summed E-state index contributed by atoms with van der Waals surface area (Å²) in [4.78, 5) is 9.85. The van der Waals surface area contributed by atoms with Gasteiger partial charge in [-0.05, 0) is 111 Å². The van der Waals surface area contributed by atoms with Crippen LogP contribution in [0.3, 0.4) is 0 Å². The first kappa shape index (κ1) is 41.0. The summed E-state index contributed by atoms with van der Waals surface area (Å²) in [6.45, 7) is 25.8. The highest BCUT2D eigenvalue weighted by Gasteiger charge is 2.32. The Balaban J connectivity index is 1.14. The van der Waals surface area contributed by atoms with Gasteiger partial charge in [0.15, 0.2) is 0 Å². The first-order valence-electron chi connectivity index (χ1n) is 22.1. The van der Waals surface area contributed by atoms with Crippen molar-refractivity contribution in [2.45, 2.75) is 97.8 Å². The molecular weight excluding hydrogens is 757 g/mol. The Hall–Kier alpha value is -6.33. The van der Waals surface area contributed by atoms with E-state index in [1.165, 1.54) is 55.7 Å². The molecule has 0 saturated carbocycles. The topological polar surface area (TPSA) is 33.5 Å². The van der Waals surface area contributed by atoms with E-state index in [0.29, 0.717) is 6.67 Å². The second-order valence-electron chi connectivity index (χ2n) is 20.7. The first-order chi connectivity index (χ1) is 29.4. The lowest BCUT2D eigenvalue weighted by molar-refractivity contribution is 0.479. The maximum atomic E-state index is 6.99. The molecule has 6 aromatic carbocycles. The molecule has 0 N–H and O–H groups in total. The molecule has 5 heteroatoms. The van der Waals surface area contributed by atoms with Crippen LogP contribution in [0.1, 0.15) is 104 Å². The molecule has 0 aliphatic carbocycles. The van der Waals surface area contributed by atoms with Gasteiger partial charge >= 0.3 is 0 Å². The molecule has 62 heavy (non-hydrogen) atoms. The number of rotatable bonds is 7. The van der Waals surface area contributed by atoms with Crippen LogP contribution in [0, 0.1) is 0 Å². The molecule has 0 spiro atoms. The SMILES string of the molecule is CC(C)(C)c1cc(Oc2ccc3c4ccccc4n(-c4cc(C(C)(C)C)ccn4)c3c2)cc(N2CN(c3cccc(C(C)(C)c4ccccc4)c3)c3ccc(C(C)(C)C)cc32)c1. The van der Waals surface area contributed by atoms with Gasteiger partial charge in [0, 0.05) is 45.9 Å². The number of fused-ring (bicyclic) bond motifs is 4.